The first kappa shape index (κ1) is 71.7. The zero-order valence-electron chi connectivity index (χ0n) is 49.0. The summed E-state index contributed by atoms with van der Waals surface area (Å²) in [5.74, 6) is -2.77. The van der Waals surface area contributed by atoms with E-state index in [4.69, 9.17) is 83.8 Å². The largest absolute Gasteiger partial charge is 0.497 e. The lowest BCUT2D eigenvalue weighted by molar-refractivity contribution is -0.385. The number of carbonyl (C=O) groups excluding carboxylic acids is 5. The van der Waals surface area contributed by atoms with E-state index in [9.17, 15) is 69.4 Å². The number of halogens is 6. The molecule has 0 bridgehead atoms. The summed E-state index contributed by atoms with van der Waals surface area (Å²) in [6.45, 7) is 4.86. The second-order valence-corrected chi connectivity index (χ2v) is 24.6. The van der Waals surface area contributed by atoms with Gasteiger partial charge in [-0.3, -0.25) is 58.1 Å². The van der Waals surface area contributed by atoms with Crippen molar-refractivity contribution in [3.8, 4) is 11.5 Å². The van der Waals surface area contributed by atoms with Crippen molar-refractivity contribution in [1.29, 1.82) is 0 Å². The van der Waals surface area contributed by atoms with Gasteiger partial charge >= 0.3 is 11.9 Å². The molecule has 91 heavy (non-hydrogen) atoms. The predicted molar refractivity (Wildman–Crippen MR) is 342 cm³/mol. The van der Waals surface area contributed by atoms with Gasteiger partial charge in [0.05, 0.1) is 66.6 Å². The summed E-state index contributed by atoms with van der Waals surface area (Å²) in [5.41, 5.74) is 4.41. The average molecular weight is 1370 g/mol. The number of aliphatic hydroxyl groups is 3. The summed E-state index contributed by atoms with van der Waals surface area (Å²) in [6, 6.07) is 31.2. The molecule has 4 atom stereocenters. The van der Waals surface area contributed by atoms with E-state index in [0.717, 1.165) is 0 Å². The maximum atomic E-state index is 13.6. The molecular weight excluding hydrogens is 1310 g/mol. The SMILES string of the molecule is CC(Cl)(Cl)C(=O)N[C@H](CO)[C@H](O)c1ccc([N+](=O)[O-])cc1.COc1ccc2c(c1)c(CC(=O)O)c(C)n2C(=O)c1ccc(Cl)cc1.COc1ccc2c(c1)c(CC(=O)OCC(NC(=O)C(C)(Cl)Cl)C(O)c1ccc([N+](=O)[O-])cc1)c(C)n2C(=O)c1ccc(Cl)cc1. The van der Waals surface area contributed by atoms with E-state index in [1.165, 1.54) is 78.6 Å². The minimum absolute atomic E-state index is 0.135. The van der Waals surface area contributed by atoms with Crippen molar-refractivity contribution in [2.75, 3.05) is 27.4 Å². The molecule has 0 aliphatic carbocycles. The van der Waals surface area contributed by atoms with Crippen molar-refractivity contribution in [2.45, 2.75) is 73.5 Å². The first-order valence-corrected chi connectivity index (χ1v) is 29.2. The molecule has 2 aromatic heterocycles. The van der Waals surface area contributed by atoms with E-state index in [1.54, 1.807) is 106 Å². The molecule has 29 heteroatoms. The number of carboxylic acids is 1. The van der Waals surface area contributed by atoms with E-state index in [2.05, 4.69) is 10.6 Å². The van der Waals surface area contributed by atoms with Crippen molar-refractivity contribution < 1.29 is 73.3 Å². The van der Waals surface area contributed by atoms with Crippen molar-refractivity contribution in [3.05, 3.63) is 209 Å². The summed E-state index contributed by atoms with van der Waals surface area (Å²) < 4.78 is 15.6. The van der Waals surface area contributed by atoms with E-state index >= 15 is 0 Å². The zero-order chi connectivity index (χ0) is 67.4. The minimum Gasteiger partial charge on any atom is -0.497 e. The van der Waals surface area contributed by atoms with E-state index in [0.29, 0.717) is 82.6 Å². The maximum absolute atomic E-state index is 13.6. The Hall–Kier alpha value is -8.36. The number of aliphatic hydroxyl groups excluding tert-OH is 3. The fourth-order valence-corrected chi connectivity index (χ4v) is 9.67. The summed E-state index contributed by atoms with van der Waals surface area (Å²) in [7, 11) is 3.04. The Balaban J connectivity index is 0.000000240. The van der Waals surface area contributed by atoms with Gasteiger partial charge in [0, 0.05) is 67.6 Å². The average Bonchev–Trinajstić information content (AvgIpc) is 1.66. The molecule has 6 N–H and O–H groups in total. The molecule has 0 saturated carbocycles. The number of aliphatic carboxylic acids is 1. The highest BCUT2D eigenvalue weighted by molar-refractivity contribution is 6.58. The molecule has 0 spiro atoms. The number of benzene rings is 6. The molecule has 0 radical (unpaired) electrons. The van der Waals surface area contributed by atoms with Crippen LogP contribution in [0.25, 0.3) is 21.8 Å². The molecule has 0 aliphatic heterocycles. The van der Waals surface area contributed by atoms with Gasteiger partial charge in [-0.25, -0.2) is 0 Å². The summed E-state index contributed by atoms with van der Waals surface area (Å²) in [5, 5.41) is 68.3. The number of fused-ring (bicyclic) bond motifs is 2. The molecule has 2 unspecified atom stereocenters. The van der Waals surface area contributed by atoms with Gasteiger partial charge in [0.1, 0.15) is 30.3 Å². The number of carbonyl (C=O) groups is 6. The highest BCUT2D eigenvalue weighted by atomic mass is 35.5. The number of nitrogens with one attached hydrogen (secondary N) is 2. The van der Waals surface area contributed by atoms with Crippen LogP contribution in [-0.4, -0.2) is 123 Å². The third kappa shape index (κ3) is 18.2. The predicted octanol–water partition coefficient (Wildman–Crippen LogP) is 10.9. The van der Waals surface area contributed by atoms with Gasteiger partial charge in [-0.15, -0.1) is 0 Å². The van der Waals surface area contributed by atoms with Gasteiger partial charge < -0.3 is 45.3 Å². The lowest BCUT2D eigenvalue weighted by Crippen LogP contribution is -2.48. The van der Waals surface area contributed by atoms with Crippen molar-refractivity contribution in [1.82, 2.24) is 19.8 Å². The molecule has 8 rings (SSSR count). The van der Waals surface area contributed by atoms with Crippen molar-refractivity contribution in [2.24, 2.45) is 0 Å². The Kier molecular flexibility index (Phi) is 24.5. The van der Waals surface area contributed by atoms with Gasteiger partial charge in [0.25, 0.3) is 35.0 Å². The van der Waals surface area contributed by atoms with Crippen LogP contribution in [0.5, 0.6) is 11.5 Å². The van der Waals surface area contributed by atoms with Gasteiger partial charge in [-0.2, -0.15) is 0 Å². The number of ether oxygens (including phenoxy) is 3. The molecule has 2 heterocycles. The lowest BCUT2D eigenvalue weighted by atomic mass is 10.0. The Labute approximate surface area is 549 Å². The van der Waals surface area contributed by atoms with Crippen LogP contribution in [0.4, 0.5) is 11.4 Å². The first-order valence-electron chi connectivity index (χ1n) is 27.0. The third-order valence-electron chi connectivity index (χ3n) is 14.0. The molecule has 0 aliphatic rings. The Morgan fingerprint density at radius 1 is 0.571 bits per heavy atom. The molecule has 8 aromatic rings. The maximum Gasteiger partial charge on any atom is 0.310 e. The number of hydrogen-bond donors (Lipinski definition) is 6. The van der Waals surface area contributed by atoms with Crippen LogP contribution in [-0.2, 0) is 36.8 Å². The molecule has 23 nitrogen and oxygen atoms in total. The second kappa shape index (κ2) is 31.1. The van der Waals surface area contributed by atoms with Crippen LogP contribution < -0.4 is 20.1 Å². The van der Waals surface area contributed by atoms with E-state index in [-0.39, 0.29) is 41.6 Å². The fraction of sp³-hybridized carbons (Fsp3) is 0.258. The third-order valence-corrected chi connectivity index (χ3v) is 15.2. The molecule has 0 saturated heterocycles. The summed E-state index contributed by atoms with van der Waals surface area (Å²) in [4.78, 5) is 95.6. The smallest absolute Gasteiger partial charge is 0.310 e. The van der Waals surface area contributed by atoms with E-state index in [1.807, 2.05) is 0 Å². The number of hydrogen-bond acceptors (Lipinski definition) is 16. The first-order chi connectivity index (χ1) is 42.8. The number of rotatable bonds is 21. The molecule has 480 valence electrons. The zero-order valence-corrected chi connectivity index (χ0v) is 53.5. The molecule has 6 aromatic carbocycles. The summed E-state index contributed by atoms with van der Waals surface area (Å²) >= 11 is 34.9. The van der Waals surface area contributed by atoms with E-state index < -0.39 is 79.8 Å². The number of nitro groups is 2. The molecule has 0 fully saturated rings. The number of esters is 1. The second-order valence-electron chi connectivity index (χ2n) is 20.3. The quantitative estimate of drug-likeness (QED) is 0.0168. The highest BCUT2D eigenvalue weighted by Gasteiger charge is 2.35. The topological polar surface area (TPSA) is 331 Å². The van der Waals surface area contributed by atoms with Crippen LogP contribution in [0.15, 0.2) is 133 Å². The van der Waals surface area contributed by atoms with Gasteiger partial charge in [0.2, 0.25) is 0 Å². The highest BCUT2D eigenvalue weighted by Crippen LogP contribution is 2.34. The monoisotopic (exact) mass is 1370 g/mol. The van der Waals surface area contributed by atoms with Crippen molar-refractivity contribution >= 4 is 138 Å². The fourth-order valence-electron chi connectivity index (χ4n) is 9.20. The van der Waals surface area contributed by atoms with Crippen LogP contribution in [0, 0.1) is 34.1 Å². The number of alkyl halides is 4. The van der Waals surface area contributed by atoms with Crippen LogP contribution in [0.2, 0.25) is 10.0 Å². The Bertz CT molecular complexity index is 4000. The van der Waals surface area contributed by atoms with Crippen molar-refractivity contribution in [3.63, 3.8) is 0 Å². The Morgan fingerprint density at radius 3 is 1.27 bits per heavy atom. The lowest BCUT2D eigenvalue weighted by Gasteiger charge is -2.26. The van der Waals surface area contributed by atoms with Gasteiger partial charge in [-0.05, 0) is 159 Å². The normalized spacial score (nSPS) is 12.6. The Morgan fingerprint density at radius 2 is 0.934 bits per heavy atom. The number of carboxylic acid groups (broad SMARTS) is 1. The number of nitro benzene ring substituents is 2. The number of methoxy groups -OCH3 is 2. The number of non-ortho nitro benzene ring substituents is 2. The van der Waals surface area contributed by atoms with Crippen LogP contribution >= 0.6 is 69.6 Å². The molecule has 2 amide bonds. The van der Waals surface area contributed by atoms with Gasteiger partial charge in [-0.1, -0.05) is 69.6 Å². The minimum atomic E-state index is -1.87. The molecular formula is C62H58Cl6N6O17. The van der Waals surface area contributed by atoms with Gasteiger partial charge in [0.15, 0.2) is 8.67 Å². The standard InChI is InChI=1S/C31H28Cl3N3O8.C19H16ClNO4.C12H14Cl2N2O5/c1-17-23(24-14-22(44-3)12-13-26(24)36(17)29(40)19-4-8-20(32)9-5-19)15-27(38)45-16-25(35-30(41)31(2,33)34)28(39)18-6-10-21(11-7-18)37(42)43;1-11-15(10-18(22)23)16-9-14(25-2)7-8-17(16)21(11)19(24)12-3-5-13(20)6-4-12;1-12(13,14)11(19)15-9(6-17)10(18)7-2-4-8(5-3-7)16(20)21/h4-14,25,28,39H,15-16H2,1-3H3,(H,35,41);3-9H,10H2,1-2H3,(H,22,23);2-5,9-10,17-18H,6H2,1H3,(H,15,19)/t;;9-,10-/m..1/s1. The number of aromatic nitrogens is 2. The number of amides is 2. The van der Waals surface area contributed by atoms with Crippen LogP contribution in [0.3, 0.4) is 0 Å². The number of nitrogens with zero attached hydrogens (tertiary/aromatic N) is 4. The van der Waals surface area contributed by atoms with Crippen LogP contribution in [0.1, 0.15) is 80.4 Å². The summed E-state index contributed by atoms with van der Waals surface area (Å²) in [6.07, 6.45) is -3.16.